The Balaban J connectivity index is 2.27. The quantitative estimate of drug-likeness (QED) is 0.633. The van der Waals surface area contributed by atoms with Gasteiger partial charge in [-0.2, -0.15) is 0 Å². The Labute approximate surface area is 76.6 Å². The fourth-order valence-electron chi connectivity index (χ4n) is 1.33. The lowest BCUT2D eigenvalue weighted by molar-refractivity contribution is -0.820. The molecule has 0 saturated carbocycles. The molecule has 0 radical (unpaired) electrons. The summed E-state index contributed by atoms with van der Waals surface area (Å²) in [7, 11) is 0. The summed E-state index contributed by atoms with van der Waals surface area (Å²) >= 11 is 0. The molecule has 3 heteroatoms. The number of hydrogen-bond donors (Lipinski definition) is 1. The maximum Gasteiger partial charge on any atom is 0.153 e. The van der Waals surface area contributed by atoms with Crippen LogP contribution in [0.15, 0.2) is 48.8 Å². The van der Waals surface area contributed by atoms with Gasteiger partial charge >= 0.3 is 0 Å². The van der Waals surface area contributed by atoms with E-state index in [0.717, 1.165) is 5.69 Å². The molecule has 0 fully saturated rings. The number of nitrogens with zero attached hydrogens (tertiary/aromatic N) is 1. The van der Waals surface area contributed by atoms with Gasteiger partial charge in [-0.25, -0.2) is 0 Å². The first-order valence-electron chi connectivity index (χ1n) is 4.17. The van der Waals surface area contributed by atoms with Gasteiger partial charge in [0.15, 0.2) is 6.04 Å². The number of nitrogens with one attached hydrogen (secondary N) is 1. The Hall–Kier alpha value is -1.45. The van der Waals surface area contributed by atoms with Crippen LogP contribution in [0.4, 0.5) is 0 Å². The van der Waals surface area contributed by atoms with E-state index in [1.807, 2.05) is 30.4 Å². The van der Waals surface area contributed by atoms with Crippen molar-refractivity contribution in [3.8, 4) is 0 Å². The summed E-state index contributed by atoms with van der Waals surface area (Å²) in [5.41, 5.74) is 0.813. The van der Waals surface area contributed by atoms with Crippen LogP contribution in [0.5, 0.6) is 0 Å². The topological polar surface area (TPSA) is 40.4 Å². The number of hydroxylamine groups is 2. The fraction of sp³-hybridized carbons (Fsp3) is 0.100. The summed E-state index contributed by atoms with van der Waals surface area (Å²) in [6, 6.07) is 5.41. The van der Waals surface area contributed by atoms with Gasteiger partial charge in [0.1, 0.15) is 5.69 Å². The number of aromatic nitrogens is 1. The van der Waals surface area contributed by atoms with E-state index in [1.54, 1.807) is 18.5 Å². The molecule has 2 rings (SSSR count). The predicted octanol–water partition coefficient (Wildman–Crippen LogP) is 0.589. The van der Waals surface area contributed by atoms with Crippen molar-refractivity contribution in [3.05, 3.63) is 59.7 Å². The third kappa shape index (κ3) is 1.66. The number of allylic oxidation sites excluding steroid dienone is 2. The van der Waals surface area contributed by atoms with Gasteiger partial charge in [-0.3, -0.25) is 4.98 Å². The third-order valence-corrected chi connectivity index (χ3v) is 1.99. The van der Waals surface area contributed by atoms with Gasteiger partial charge < -0.3 is 10.3 Å². The molecule has 1 aliphatic heterocycles. The first kappa shape index (κ1) is 8.16. The zero-order valence-electron chi connectivity index (χ0n) is 7.05. The summed E-state index contributed by atoms with van der Waals surface area (Å²) in [4.78, 5) is 4.15. The highest BCUT2D eigenvalue weighted by molar-refractivity contribution is 5.16. The fourth-order valence-corrected chi connectivity index (χ4v) is 1.33. The van der Waals surface area contributed by atoms with Gasteiger partial charge in [-0.1, -0.05) is 12.1 Å². The molecule has 2 heterocycles. The van der Waals surface area contributed by atoms with Crippen LogP contribution in [0.2, 0.25) is 0 Å². The normalized spacial score (nSPS) is 26.2. The molecule has 0 amide bonds. The Morgan fingerprint density at radius 1 is 1.31 bits per heavy atom. The van der Waals surface area contributed by atoms with Crippen molar-refractivity contribution in [2.75, 3.05) is 0 Å². The molecule has 2 atom stereocenters. The Morgan fingerprint density at radius 2 is 2.23 bits per heavy atom. The molecular weight excluding hydrogens is 164 g/mol. The minimum absolute atomic E-state index is 0.0983. The van der Waals surface area contributed by atoms with Crippen LogP contribution in [0.1, 0.15) is 11.7 Å². The molecule has 3 nitrogen and oxygen atoms in total. The van der Waals surface area contributed by atoms with Gasteiger partial charge in [0.2, 0.25) is 0 Å². The van der Waals surface area contributed by atoms with Crippen molar-refractivity contribution in [1.82, 2.24) is 4.98 Å². The second-order valence-electron chi connectivity index (χ2n) is 2.88. The molecule has 2 unspecified atom stereocenters. The summed E-state index contributed by atoms with van der Waals surface area (Å²) in [5, 5.41) is 11.5. The van der Waals surface area contributed by atoms with E-state index in [4.69, 9.17) is 0 Å². The van der Waals surface area contributed by atoms with Crippen LogP contribution in [0.3, 0.4) is 0 Å². The minimum Gasteiger partial charge on any atom is -0.629 e. The standard InChI is InChI=1S/C10H10N2O/c13-12-8-4-2-6-10(12)9-5-1-3-7-11-9/h1-8,10,12H. The van der Waals surface area contributed by atoms with E-state index in [2.05, 4.69) is 4.98 Å². The smallest absolute Gasteiger partial charge is 0.153 e. The summed E-state index contributed by atoms with van der Waals surface area (Å²) in [6.07, 6.45) is 8.78. The average molecular weight is 174 g/mol. The highest BCUT2D eigenvalue weighted by Crippen LogP contribution is 2.08. The molecular formula is C10H10N2O. The van der Waals surface area contributed by atoms with E-state index < -0.39 is 0 Å². The zero-order valence-corrected chi connectivity index (χ0v) is 7.05. The molecule has 1 aromatic rings. The molecule has 1 aromatic heterocycles. The summed E-state index contributed by atoms with van der Waals surface area (Å²) in [5.74, 6) is 0. The maximum absolute atomic E-state index is 11.4. The molecule has 0 spiro atoms. The molecule has 66 valence electrons. The predicted molar refractivity (Wildman–Crippen MR) is 49.6 cm³/mol. The van der Waals surface area contributed by atoms with E-state index in [9.17, 15) is 5.21 Å². The average Bonchev–Trinajstić information content (AvgIpc) is 2.20. The lowest BCUT2D eigenvalue weighted by Crippen LogP contribution is -3.02. The van der Waals surface area contributed by atoms with Gasteiger partial charge in [0, 0.05) is 6.20 Å². The molecule has 0 aliphatic carbocycles. The van der Waals surface area contributed by atoms with Crippen molar-refractivity contribution in [2.45, 2.75) is 6.04 Å². The molecule has 1 N–H and O–H groups in total. The minimum atomic E-state index is -0.189. The van der Waals surface area contributed by atoms with Crippen LogP contribution in [0, 0.1) is 5.21 Å². The number of quaternary nitrogens is 1. The number of pyridine rings is 1. The van der Waals surface area contributed by atoms with Crippen molar-refractivity contribution < 1.29 is 5.06 Å². The van der Waals surface area contributed by atoms with Gasteiger partial charge in [-0.15, -0.1) is 0 Å². The van der Waals surface area contributed by atoms with Gasteiger partial charge in [0.05, 0.1) is 6.20 Å². The van der Waals surface area contributed by atoms with Crippen LogP contribution in [-0.2, 0) is 0 Å². The van der Waals surface area contributed by atoms with Crippen LogP contribution in [-0.4, -0.2) is 4.98 Å². The second-order valence-corrected chi connectivity index (χ2v) is 2.88. The third-order valence-electron chi connectivity index (χ3n) is 1.99. The maximum atomic E-state index is 11.4. The summed E-state index contributed by atoms with van der Waals surface area (Å²) < 4.78 is 0. The first-order valence-corrected chi connectivity index (χ1v) is 4.17. The van der Waals surface area contributed by atoms with Crippen molar-refractivity contribution >= 4 is 0 Å². The van der Waals surface area contributed by atoms with Gasteiger partial charge in [0.25, 0.3) is 0 Å². The van der Waals surface area contributed by atoms with Crippen LogP contribution in [0.25, 0.3) is 0 Å². The van der Waals surface area contributed by atoms with Crippen LogP contribution < -0.4 is 5.06 Å². The highest BCUT2D eigenvalue weighted by Gasteiger charge is 2.15. The van der Waals surface area contributed by atoms with Crippen molar-refractivity contribution in [1.29, 1.82) is 0 Å². The molecule has 1 aliphatic rings. The molecule has 0 aromatic carbocycles. The SMILES string of the molecule is [O-][NH+]1C=CC=CC1c1ccccn1. The van der Waals surface area contributed by atoms with E-state index in [-0.39, 0.29) is 11.1 Å². The Bertz CT molecular complexity index is 332. The van der Waals surface area contributed by atoms with E-state index in [0.29, 0.717) is 0 Å². The lowest BCUT2D eigenvalue weighted by atomic mass is 10.1. The van der Waals surface area contributed by atoms with E-state index in [1.165, 1.54) is 0 Å². The van der Waals surface area contributed by atoms with E-state index >= 15 is 0 Å². The summed E-state index contributed by atoms with van der Waals surface area (Å²) in [6.45, 7) is 0. The number of hydrogen-bond acceptors (Lipinski definition) is 2. The molecule has 0 saturated heterocycles. The molecule has 0 bridgehead atoms. The Kier molecular flexibility index (Phi) is 2.21. The van der Waals surface area contributed by atoms with Crippen LogP contribution >= 0.6 is 0 Å². The van der Waals surface area contributed by atoms with Crippen molar-refractivity contribution in [2.24, 2.45) is 0 Å². The Morgan fingerprint density at radius 3 is 2.92 bits per heavy atom. The first-order chi connectivity index (χ1) is 6.38. The molecule has 13 heavy (non-hydrogen) atoms. The second kappa shape index (κ2) is 3.51. The lowest BCUT2D eigenvalue weighted by Gasteiger charge is -2.26. The largest absolute Gasteiger partial charge is 0.629 e. The number of rotatable bonds is 1. The highest BCUT2D eigenvalue weighted by atomic mass is 16.5. The van der Waals surface area contributed by atoms with Crippen molar-refractivity contribution in [3.63, 3.8) is 0 Å². The zero-order chi connectivity index (χ0) is 9.10. The monoisotopic (exact) mass is 174 g/mol. The van der Waals surface area contributed by atoms with Gasteiger partial charge in [-0.05, 0) is 24.3 Å².